The summed E-state index contributed by atoms with van der Waals surface area (Å²) in [6.45, 7) is 13.3. The van der Waals surface area contributed by atoms with Gasteiger partial charge in [0.05, 0.1) is 0 Å². The molecule has 2 saturated carbocycles. The van der Waals surface area contributed by atoms with Crippen molar-refractivity contribution in [1.82, 2.24) is 0 Å². The van der Waals surface area contributed by atoms with Crippen LogP contribution >= 0.6 is 0 Å². The summed E-state index contributed by atoms with van der Waals surface area (Å²) in [5.41, 5.74) is 0.646. The van der Waals surface area contributed by atoms with Crippen LogP contribution in [0, 0.1) is 88.9 Å². The summed E-state index contributed by atoms with van der Waals surface area (Å²) < 4.78 is 0. The molecule has 0 saturated heterocycles. The summed E-state index contributed by atoms with van der Waals surface area (Å²) in [6.07, 6.45) is 17.0. The van der Waals surface area contributed by atoms with Gasteiger partial charge in [-0.25, -0.2) is 0 Å². The maximum absolute atomic E-state index is 2.22. The van der Waals surface area contributed by atoms with Crippen molar-refractivity contribution in [3.63, 3.8) is 0 Å². The minimum absolute atomic E-state index is 0. The van der Waals surface area contributed by atoms with Crippen LogP contribution in [0.3, 0.4) is 0 Å². The van der Waals surface area contributed by atoms with Gasteiger partial charge in [-0.1, -0.05) is 41.5 Å². The van der Waals surface area contributed by atoms with E-state index in [1.807, 2.05) is 0 Å². The predicted octanol–water partition coefficient (Wildman–Crippen LogP) is 5.77. The molecule has 21 heavy (non-hydrogen) atoms. The van der Waals surface area contributed by atoms with Crippen molar-refractivity contribution in [1.29, 1.82) is 0 Å². The Morgan fingerprint density at radius 1 is 0.524 bits per heavy atom. The van der Waals surface area contributed by atoms with E-state index in [-0.39, 0.29) is 41.1 Å². The van der Waals surface area contributed by atoms with E-state index in [0.717, 1.165) is 0 Å². The molecular weight excluding hydrogens is 331 g/mol. The molecule has 2 fully saturated rings. The van der Waals surface area contributed by atoms with Crippen molar-refractivity contribution in [2.75, 3.05) is 0 Å². The molecule has 0 unspecified atom stereocenters. The van der Waals surface area contributed by atoms with E-state index >= 15 is 0 Å². The van der Waals surface area contributed by atoms with E-state index in [0.29, 0.717) is 10.8 Å². The normalized spacial score (nSPS) is 19.7. The van der Waals surface area contributed by atoms with E-state index in [1.165, 1.54) is 11.8 Å². The molecular formula is C20H32Zr. The molecule has 0 aromatic rings. The first-order valence-corrected chi connectivity index (χ1v) is 6.65. The van der Waals surface area contributed by atoms with Crippen LogP contribution in [-0.2, 0) is 26.2 Å². The molecule has 0 amide bonds. The van der Waals surface area contributed by atoms with Gasteiger partial charge in [0.2, 0.25) is 0 Å². The number of hydrogen-bond acceptors (Lipinski definition) is 0. The Morgan fingerprint density at radius 2 is 0.714 bits per heavy atom. The summed E-state index contributed by atoms with van der Waals surface area (Å²) >= 11 is 0. The third-order valence-electron chi connectivity index (χ3n) is 3.06. The third-order valence-corrected chi connectivity index (χ3v) is 3.06. The molecule has 0 heterocycles. The van der Waals surface area contributed by atoms with Crippen LogP contribution in [-0.4, -0.2) is 0 Å². The largest absolute Gasteiger partial charge is 2.00 e. The standard InChI is InChI=1S/2C9H13.2CH3.Zr/c2*1-9(2,3)8-6-4-5-7-8;;;/h2*4-7H,1-3H3;2*1H3;/q;;2*-1;+2. The monoisotopic (exact) mass is 362 g/mol. The maximum Gasteiger partial charge on any atom is 2.00 e. The second kappa shape index (κ2) is 11.4. The van der Waals surface area contributed by atoms with Crippen molar-refractivity contribution in [3.05, 3.63) is 78.1 Å². The van der Waals surface area contributed by atoms with Crippen molar-refractivity contribution in [3.8, 4) is 0 Å². The third kappa shape index (κ3) is 10.3. The Balaban J connectivity index is -0.000000270. The summed E-state index contributed by atoms with van der Waals surface area (Å²) in [7, 11) is 0. The average molecular weight is 364 g/mol. The summed E-state index contributed by atoms with van der Waals surface area (Å²) in [6, 6.07) is 0. The molecule has 1 heteroatoms. The first kappa shape index (κ1) is 26.8. The Morgan fingerprint density at radius 3 is 0.810 bits per heavy atom. The van der Waals surface area contributed by atoms with Crippen LogP contribution in [0.4, 0.5) is 0 Å². The van der Waals surface area contributed by atoms with Crippen LogP contribution in [0.5, 0.6) is 0 Å². The minimum atomic E-state index is 0. The second-order valence-electron chi connectivity index (χ2n) is 6.85. The van der Waals surface area contributed by atoms with Crippen LogP contribution < -0.4 is 0 Å². The smallest absolute Gasteiger partial charge is 0.358 e. The molecule has 116 valence electrons. The van der Waals surface area contributed by atoms with E-state index in [2.05, 4.69) is 92.9 Å². The predicted molar refractivity (Wildman–Crippen MR) is 92.6 cm³/mol. The van der Waals surface area contributed by atoms with Crippen molar-refractivity contribution >= 4 is 0 Å². The average Bonchev–Trinajstić information content (AvgIpc) is 2.91. The first-order valence-electron chi connectivity index (χ1n) is 6.65. The summed E-state index contributed by atoms with van der Waals surface area (Å²) in [5, 5.41) is 0. The fraction of sp³-hybridized carbons (Fsp3) is 0.400. The molecule has 0 nitrogen and oxygen atoms in total. The van der Waals surface area contributed by atoms with Crippen molar-refractivity contribution in [2.24, 2.45) is 10.8 Å². The van der Waals surface area contributed by atoms with Crippen molar-refractivity contribution < 1.29 is 26.2 Å². The van der Waals surface area contributed by atoms with Crippen LogP contribution in [0.1, 0.15) is 41.5 Å². The van der Waals surface area contributed by atoms with E-state index in [4.69, 9.17) is 0 Å². The van der Waals surface area contributed by atoms with Gasteiger partial charge in [-0.3, -0.25) is 0 Å². The molecule has 0 aromatic carbocycles. The van der Waals surface area contributed by atoms with Gasteiger partial charge in [0.25, 0.3) is 0 Å². The molecule has 0 aliphatic heterocycles. The molecule has 2 rings (SSSR count). The molecule has 0 N–H and O–H groups in total. The second-order valence-corrected chi connectivity index (χ2v) is 6.85. The zero-order valence-corrected chi connectivity index (χ0v) is 17.6. The van der Waals surface area contributed by atoms with Crippen LogP contribution in [0.25, 0.3) is 0 Å². The zero-order chi connectivity index (χ0) is 13.8. The summed E-state index contributed by atoms with van der Waals surface area (Å²) in [4.78, 5) is 0. The zero-order valence-electron chi connectivity index (χ0n) is 15.1. The molecule has 10 radical (unpaired) electrons. The van der Waals surface area contributed by atoms with E-state index in [9.17, 15) is 0 Å². The minimum Gasteiger partial charge on any atom is -0.358 e. The Hall–Kier alpha value is 0.883. The van der Waals surface area contributed by atoms with Gasteiger partial charge in [0.15, 0.2) is 0 Å². The van der Waals surface area contributed by atoms with Crippen molar-refractivity contribution in [2.45, 2.75) is 41.5 Å². The fourth-order valence-corrected chi connectivity index (χ4v) is 1.75. The van der Waals surface area contributed by atoms with Crippen LogP contribution in [0.2, 0.25) is 0 Å². The van der Waals surface area contributed by atoms with Gasteiger partial charge >= 0.3 is 26.2 Å². The van der Waals surface area contributed by atoms with Crippen LogP contribution in [0.15, 0.2) is 0 Å². The topological polar surface area (TPSA) is 0 Å². The van der Waals surface area contributed by atoms with E-state index in [1.54, 1.807) is 0 Å². The fourth-order valence-electron chi connectivity index (χ4n) is 1.75. The van der Waals surface area contributed by atoms with Gasteiger partial charge < -0.3 is 14.9 Å². The molecule has 0 aromatic heterocycles. The molecule has 0 atom stereocenters. The van der Waals surface area contributed by atoms with Gasteiger partial charge in [-0.05, 0) is 74.0 Å². The Kier molecular flexibility index (Phi) is 14.6. The van der Waals surface area contributed by atoms with E-state index < -0.39 is 0 Å². The van der Waals surface area contributed by atoms with Gasteiger partial charge in [-0.15, -0.1) is 0 Å². The quantitative estimate of drug-likeness (QED) is 0.479. The molecule has 0 bridgehead atoms. The molecule has 2 aliphatic rings. The Bertz CT molecular complexity index is 193. The van der Waals surface area contributed by atoms with Gasteiger partial charge in [-0.2, -0.15) is 0 Å². The maximum atomic E-state index is 2.22. The molecule has 2 aliphatic carbocycles. The number of hydrogen-bond donors (Lipinski definition) is 0. The molecule has 0 spiro atoms. The summed E-state index contributed by atoms with van der Waals surface area (Å²) in [5.74, 6) is 2.84. The number of rotatable bonds is 0. The first-order chi connectivity index (χ1) is 8.21. The van der Waals surface area contributed by atoms with Gasteiger partial charge in [0, 0.05) is 0 Å². The SMILES string of the molecule is CC(C)(C)[C]1[CH][CH][CH][CH]1.CC(C)(C)[C]1[CH][CH][CH][CH]1.[CH3-].[CH3-].[Zr+2]. The Labute approximate surface area is 156 Å². The van der Waals surface area contributed by atoms with Gasteiger partial charge in [0.1, 0.15) is 0 Å².